The summed E-state index contributed by atoms with van der Waals surface area (Å²) in [7, 11) is -3.64. The highest BCUT2D eigenvalue weighted by Gasteiger charge is 2.17. The highest BCUT2D eigenvalue weighted by molar-refractivity contribution is 7.89. The maximum atomic E-state index is 12.2. The molecule has 7 nitrogen and oxygen atoms in total. The molecule has 0 heterocycles. The van der Waals surface area contributed by atoms with Crippen LogP contribution in [0.4, 0.5) is 0 Å². The van der Waals surface area contributed by atoms with Crippen LogP contribution in [0.2, 0.25) is 0 Å². The average Bonchev–Trinajstić information content (AvgIpc) is 2.71. The van der Waals surface area contributed by atoms with Gasteiger partial charge in [-0.05, 0) is 55.7 Å². The summed E-state index contributed by atoms with van der Waals surface area (Å²) in [5.74, 6) is -1.12. The van der Waals surface area contributed by atoms with Crippen LogP contribution in [0, 0.1) is 6.92 Å². The number of nitrogens with one attached hydrogen (secondary N) is 2. The van der Waals surface area contributed by atoms with Crippen LogP contribution in [0.1, 0.15) is 41.8 Å². The van der Waals surface area contributed by atoms with Crippen molar-refractivity contribution in [3.05, 3.63) is 65.2 Å². The molecule has 0 saturated carbocycles. The van der Waals surface area contributed by atoms with Gasteiger partial charge in [-0.2, -0.15) is 0 Å². The summed E-state index contributed by atoms with van der Waals surface area (Å²) in [6.45, 7) is 5.53. The normalized spacial score (nSPS) is 12.2. The first-order chi connectivity index (χ1) is 13.7. The molecule has 8 heteroatoms. The van der Waals surface area contributed by atoms with E-state index in [1.54, 1.807) is 6.92 Å². The van der Waals surface area contributed by atoms with Gasteiger partial charge in [0.05, 0.1) is 10.5 Å². The number of carbonyl (C=O) groups is 2. The van der Waals surface area contributed by atoms with E-state index in [2.05, 4.69) is 10.0 Å². The van der Waals surface area contributed by atoms with Gasteiger partial charge in [-0.3, -0.25) is 4.79 Å². The van der Waals surface area contributed by atoms with E-state index in [-0.39, 0.29) is 16.5 Å². The second-order valence-electron chi connectivity index (χ2n) is 6.73. The Morgan fingerprint density at radius 3 is 2.34 bits per heavy atom. The molecule has 0 aliphatic rings. The largest absolute Gasteiger partial charge is 0.452 e. The number of esters is 1. The van der Waals surface area contributed by atoms with Crippen molar-refractivity contribution in [2.45, 2.75) is 44.7 Å². The molecule has 2 aromatic rings. The smallest absolute Gasteiger partial charge is 0.338 e. The summed E-state index contributed by atoms with van der Waals surface area (Å²) in [5.41, 5.74) is 2.21. The molecule has 156 valence electrons. The van der Waals surface area contributed by atoms with Gasteiger partial charge in [0.15, 0.2) is 6.61 Å². The van der Waals surface area contributed by atoms with Crippen LogP contribution in [-0.2, 0) is 26.1 Å². The zero-order valence-electron chi connectivity index (χ0n) is 16.8. The van der Waals surface area contributed by atoms with Gasteiger partial charge in [-0.15, -0.1) is 0 Å². The van der Waals surface area contributed by atoms with Crippen LogP contribution in [0.15, 0.2) is 53.4 Å². The Hall–Kier alpha value is -2.71. The summed E-state index contributed by atoms with van der Waals surface area (Å²) >= 11 is 0. The van der Waals surface area contributed by atoms with E-state index in [0.717, 1.165) is 11.1 Å². The molecule has 0 radical (unpaired) electrons. The minimum Gasteiger partial charge on any atom is -0.452 e. The fraction of sp³-hybridized carbons (Fsp3) is 0.333. The first-order valence-corrected chi connectivity index (χ1v) is 10.8. The maximum absolute atomic E-state index is 12.2. The first kappa shape index (κ1) is 22.6. The predicted octanol–water partition coefficient (Wildman–Crippen LogP) is 2.55. The molecule has 0 bridgehead atoms. The summed E-state index contributed by atoms with van der Waals surface area (Å²) in [4.78, 5) is 24.1. The Morgan fingerprint density at radius 1 is 1.07 bits per heavy atom. The van der Waals surface area contributed by atoms with Crippen molar-refractivity contribution >= 4 is 21.9 Å². The number of hydrogen-bond donors (Lipinski definition) is 2. The summed E-state index contributed by atoms with van der Waals surface area (Å²) < 4.78 is 32.0. The highest BCUT2D eigenvalue weighted by Crippen LogP contribution is 2.12. The molecule has 1 amide bonds. The topological polar surface area (TPSA) is 102 Å². The summed E-state index contributed by atoms with van der Waals surface area (Å²) in [6.07, 6.45) is 0.662. The Kier molecular flexibility index (Phi) is 7.92. The van der Waals surface area contributed by atoms with Crippen LogP contribution in [-0.4, -0.2) is 32.9 Å². The lowest BCUT2D eigenvalue weighted by atomic mass is 10.1. The third-order valence-corrected chi connectivity index (χ3v) is 6.05. The van der Waals surface area contributed by atoms with E-state index < -0.39 is 28.5 Å². The van der Waals surface area contributed by atoms with E-state index in [0.29, 0.717) is 13.0 Å². The third kappa shape index (κ3) is 6.69. The SMILES string of the molecule is CC[C@H](C)NS(=O)(=O)c1ccc(C(=O)OCC(=O)NCc2ccccc2C)cc1. The van der Waals surface area contributed by atoms with Gasteiger partial charge in [-0.25, -0.2) is 17.9 Å². The van der Waals surface area contributed by atoms with Gasteiger partial charge in [0, 0.05) is 12.6 Å². The molecule has 1 atom stereocenters. The van der Waals surface area contributed by atoms with Crippen LogP contribution in [0.5, 0.6) is 0 Å². The molecule has 0 saturated heterocycles. The predicted molar refractivity (Wildman–Crippen MR) is 110 cm³/mol. The van der Waals surface area contributed by atoms with Crippen molar-refractivity contribution in [2.75, 3.05) is 6.61 Å². The second kappa shape index (κ2) is 10.2. The van der Waals surface area contributed by atoms with Crippen molar-refractivity contribution < 1.29 is 22.7 Å². The number of hydrogen-bond acceptors (Lipinski definition) is 5. The number of sulfonamides is 1. The number of rotatable bonds is 9. The van der Waals surface area contributed by atoms with Gasteiger partial charge in [-0.1, -0.05) is 31.2 Å². The van der Waals surface area contributed by atoms with Gasteiger partial charge in [0.2, 0.25) is 10.0 Å². The van der Waals surface area contributed by atoms with E-state index in [1.165, 1.54) is 24.3 Å². The van der Waals surface area contributed by atoms with E-state index in [4.69, 9.17) is 4.74 Å². The Bertz CT molecular complexity index is 955. The number of aryl methyl sites for hydroxylation is 1. The number of amides is 1. The molecular formula is C21H26N2O5S. The second-order valence-corrected chi connectivity index (χ2v) is 8.45. The molecule has 0 aliphatic carbocycles. The fourth-order valence-electron chi connectivity index (χ4n) is 2.45. The lowest BCUT2D eigenvalue weighted by molar-refractivity contribution is -0.124. The molecule has 0 spiro atoms. The molecule has 2 aromatic carbocycles. The number of benzene rings is 2. The van der Waals surface area contributed by atoms with Gasteiger partial charge >= 0.3 is 5.97 Å². The zero-order valence-corrected chi connectivity index (χ0v) is 17.6. The zero-order chi connectivity index (χ0) is 21.4. The fourth-order valence-corrected chi connectivity index (χ4v) is 3.78. The van der Waals surface area contributed by atoms with Crippen molar-refractivity contribution in [3.63, 3.8) is 0 Å². The van der Waals surface area contributed by atoms with Crippen LogP contribution < -0.4 is 10.0 Å². The molecular weight excluding hydrogens is 392 g/mol. The molecule has 2 rings (SSSR count). The molecule has 29 heavy (non-hydrogen) atoms. The highest BCUT2D eigenvalue weighted by atomic mass is 32.2. The van der Waals surface area contributed by atoms with Crippen LogP contribution >= 0.6 is 0 Å². The molecule has 0 aromatic heterocycles. The van der Waals surface area contributed by atoms with Crippen molar-refractivity contribution in [2.24, 2.45) is 0 Å². The lowest BCUT2D eigenvalue weighted by Crippen LogP contribution is -2.32. The van der Waals surface area contributed by atoms with Gasteiger partial charge in [0.1, 0.15) is 0 Å². The monoisotopic (exact) mass is 418 g/mol. The first-order valence-electron chi connectivity index (χ1n) is 9.33. The van der Waals surface area contributed by atoms with E-state index in [1.807, 2.05) is 38.1 Å². The molecule has 0 aliphatic heterocycles. The van der Waals surface area contributed by atoms with Crippen molar-refractivity contribution in [1.29, 1.82) is 0 Å². The molecule has 0 unspecified atom stereocenters. The van der Waals surface area contributed by atoms with Crippen LogP contribution in [0.3, 0.4) is 0 Å². The lowest BCUT2D eigenvalue weighted by Gasteiger charge is -2.12. The van der Waals surface area contributed by atoms with Gasteiger partial charge in [0.25, 0.3) is 5.91 Å². The average molecular weight is 419 g/mol. The number of ether oxygens (including phenoxy) is 1. The van der Waals surface area contributed by atoms with E-state index >= 15 is 0 Å². The number of carbonyl (C=O) groups excluding carboxylic acids is 2. The van der Waals surface area contributed by atoms with Crippen molar-refractivity contribution in [3.8, 4) is 0 Å². The summed E-state index contributed by atoms with van der Waals surface area (Å²) in [5, 5.41) is 2.70. The Balaban J connectivity index is 1.87. The summed E-state index contributed by atoms with van der Waals surface area (Å²) in [6, 6.07) is 12.9. The maximum Gasteiger partial charge on any atom is 0.338 e. The quantitative estimate of drug-likeness (QED) is 0.610. The van der Waals surface area contributed by atoms with Gasteiger partial charge < -0.3 is 10.1 Å². The molecule has 0 fully saturated rings. The van der Waals surface area contributed by atoms with Crippen molar-refractivity contribution in [1.82, 2.24) is 10.0 Å². The Labute approximate surface area is 171 Å². The minimum absolute atomic E-state index is 0.0605. The minimum atomic E-state index is -3.64. The third-order valence-electron chi connectivity index (χ3n) is 4.44. The van der Waals surface area contributed by atoms with E-state index in [9.17, 15) is 18.0 Å². The molecule has 2 N–H and O–H groups in total. The van der Waals surface area contributed by atoms with Crippen LogP contribution in [0.25, 0.3) is 0 Å². The Morgan fingerprint density at radius 2 is 1.72 bits per heavy atom. The standard InChI is InChI=1S/C21H26N2O5S/c1-4-16(3)23-29(26,27)19-11-9-17(10-12-19)21(25)28-14-20(24)22-13-18-8-6-5-7-15(18)2/h5-12,16,23H,4,13-14H2,1-3H3,(H,22,24)/t16-/m0/s1.